The van der Waals surface area contributed by atoms with E-state index in [4.69, 9.17) is 0 Å². The zero-order chi connectivity index (χ0) is 15.9. The molecule has 22 heavy (non-hydrogen) atoms. The highest BCUT2D eigenvalue weighted by atomic mass is 79.9. The smallest absolute Gasteiger partial charge is 0.193 e. The summed E-state index contributed by atoms with van der Waals surface area (Å²) >= 11 is 3.19. The largest absolute Gasteiger partial charge is 0.357 e. The first-order valence-electron chi connectivity index (χ1n) is 7.83. The molecule has 1 heterocycles. The molecule has 1 aromatic rings. The zero-order valence-electron chi connectivity index (χ0n) is 13.3. The maximum absolute atomic E-state index is 13.6. The Labute approximate surface area is 140 Å². The van der Waals surface area contributed by atoms with Crippen LogP contribution in [0.15, 0.2) is 27.7 Å². The van der Waals surface area contributed by atoms with Crippen molar-refractivity contribution in [1.82, 2.24) is 15.1 Å². The van der Waals surface area contributed by atoms with E-state index in [2.05, 4.69) is 49.9 Å². The highest BCUT2D eigenvalue weighted by molar-refractivity contribution is 9.10. The lowest BCUT2D eigenvalue weighted by Gasteiger charge is -2.36. The Morgan fingerprint density at radius 1 is 1.27 bits per heavy atom. The summed E-state index contributed by atoms with van der Waals surface area (Å²) in [6, 6.07) is 5.36. The van der Waals surface area contributed by atoms with Crippen molar-refractivity contribution >= 4 is 21.9 Å². The molecule has 1 fully saturated rings. The van der Waals surface area contributed by atoms with Gasteiger partial charge in [0, 0.05) is 45.8 Å². The second-order valence-electron chi connectivity index (χ2n) is 5.34. The van der Waals surface area contributed by atoms with Crippen LogP contribution < -0.4 is 5.32 Å². The SMILES string of the molecule is CCN=C(NCC)N1CCN(Cc2ccc(Br)c(F)c2)CC1. The number of aliphatic imine (C=N–C) groups is 1. The van der Waals surface area contributed by atoms with E-state index in [9.17, 15) is 4.39 Å². The van der Waals surface area contributed by atoms with Crippen LogP contribution in [0.25, 0.3) is 0 Å². The molecule has 1 N–H and O–H groups in total. The van der Waals surface area contributed by atoms with Gasteiger partial charge < -0.3 is 10.2 Å². The topological polar surface area (TPSA) is 30.9 Å². The summed E-state index contributed by atoms with van der Waals surface area (Å²) in [7, 11) is 0. The first kappa shape index (κ1) is 17.2. The van der Waals surface area contributed by atoms with Crippen molar-refractivity contribution in [1.29, 1.82) is 0 Å². The highest BCUT2D eigenvalue weighted by Gasteiger charge is 2.19. The van der Waals surface area contributed by atoms with E-state index in [-0.39, 0.29) is 5.82 Å². The normalized spacial score (nSPS) is 16.9. The van der Waals surface area contributed by atoms with E-state index in [0.29, 0.717) is 4.47 Å². The molecular weight excluding hydrogens is 347 g/mol. The van der Waals surface area contributed by atoms with Crippen molar-refractivity contribution in [2.75, 3.05) is 39.3 Å². The third-order valence-electron chi connectivity index (χ3n) is 3.70. The third kappa shape index (κ3) is 4.68. The van der Waals surface area contributed by atoms with Gasteiger partial charge in [0.05, 0.1) is 4.47 Å². The van der Waals surface area contributed by atoms with Crippen molar-refractivity contribution < 1.29 is 4.39 Å². The Kier molecular flexibility index (Phi) is 6.64. The van der Waals surface area contributed by atoms with E-state index in [0.717, 1.165) is 57.3 Å². The minimum Gasteiger partial charge on any atom is -0.357 e. The Morgan fingerprint density at radius 2 is 2.00 bits per heavy atom. The van der Waals surface area contributed by atoms with Crippen molar-refractivity contribution in [3.8, 4) is 0 Å². The second kappa shape index (κ2) is 8.48. The van der Waals surface area contributed by atoms with E-state index < -0.39 is 0 Å². The van der Waals surface area contributed by atoms with Gasteiger partial charge in [-0.15, -0.1) is 0 Å². The lowest BCUT2D eigenvalue weighted by Crippen LogP contribution is -2.52. The summed E-state index contributed by atoms with van der Waals surface area (Å²) < 4.78 is 14.1. The predicted octanol–water partition coefficient (Wildman–Crippen LogP) is 2.69. The van der Waals surface area contributed by atoms with Gasteiger partial charge in [0.15, 0.2) is 5.96 Å². The van der Waals surface area contributed by atoms with Crippen molar-refractivity contribution in [2.45, 2.75) is 20.4 Å². The molecule has 4 nitrogen and oxygen atoms in total. The minimum absolute atomic E-state index is 0.194. The van der Waals surface area contributed by atoms with E-state index >= 15 is 0 Å². The van der Waals surface area contributed by atoms with Crippen LogP contribution in [0.3, 0.4) is 0 Å². The fourth-order valence-electron chi connectivity index (χ4n) is 2.59. The Morgan fingerprint density at radius 3 is 2.59 bits per heavy atom. The second-order valence-corrected chi connectivity index (χ2v) is 6.19. The molecule has 1 saturated heterocycles. The molecule has 0 radical (unpaired) electrons. The molecule has 0 saturated carbocycles. The van der Waals surface area contributed by atoms with E-state index in [1.807, 2.05) is 6.07 Å². The molecule has 6 heteroatoms. The standard InChI is InChI=1S/C16H24BrFN4/c1-3-19-16(20-4-2)22-9-7-21(8-10-22)12-13-5-6-14(17)15(18)11-13/h5-6,11H,3-4,7-10,12H2,1-2H3,(H,19,20). The first-order chi connectivity index (χ1) is 10.6. The summed E-state index contributed by atoms with van der Waals surface area (Å²) in [6.45, 7) is 10.4. The Balaban J connectivity index is 1.88. The molecular formula is C16H24BrFN4. The van der Waals surface area contributed by atoms with Crippen LogP contribution in [0.4, 0.5) is 4.39 Å². The van der Waals surface area contributed by atoms with Gasteiger partial charge in [-0.2, -0.15) is 0 Å². The number of nitrogens with zero attached hydrogens (tertiary/aromatic N) is 3. The number of nitrogens with one attached hydrogen (secondary N) is 1. The molecule has 1 aliphatic heterocycles. The maximum Gasteiger partial charge on any atom is 0.193 e. The Bertz CT molecular complexity index is 513. The van der Waals surface area contributed by atoms with Crippen LogP contribution in [0.2, 0.25) is 0 Å². The molecule has 2 rings (SSSR count). The number of benzene rings is 1. The molecule has 0 spiro atoms. The first-order valence-corrected chi connectivity index (χ1v) is 8.62. The average molecular weight is 371 g/mol. The van der Waals surface area contributed by atoms with Gasteiger partial charge in [-0.25, -0.2) is 4.39 Å². The molecule has 1 aromatic carbocycles. The molecule has 0 aliphatic carbocycles. The molecule has 0 bridgehead atoms. The number of guanidine groups is 1. The van der Waals surface area contributed by atoms with Crippen LogP contribution in [-0.2, 0) is 6.54 Å². The third-order valence-corrected chi connectivity index (χ3v) is 4.35. The van der Waals surface area contributed by atoms with Gasteiger partial charge in [0.25, 0.3) is 0 Å². The van der Waals surface area contributed by atoms with Crippen LogP contribution in [0.5, 0.6) is 0 Å². The summed E-state index contributed by atoms with van der Waals surface area (Å²) in [5, 5.41) is 3.33. The number of rotatable bonds is 4. The number of hydrogen-bond acceptors (Lipinski definition) is 2. The monoisotopic (exact) mass is 370 g/mol. The van der Waals surface area contributed by atoms with Crippen LogP contribution in [-0.4, -0.2) is 55.0 Å². The van der Waals surface area contributed by atoms with Crippen LogP contribution >= 0.6 is 15.9 Å². The summed E-state index contributed by atoms with van der Waals surface area (Å²) in [5.74, 6) is 0.806. The van der Waals surface area contributed by atoms with Gasteiger partial charge in [-0.05, 0) is 47.5 Å². The summed E-state index contributed by atoms with van der Waals surface area (Å²) in [6.07, 6.45) is 0. The van der Waals surface area contributed by atoms with Crippen LogP contribution in [0.1, 0.15) is 19.4 Å². The molecule has 0 unspecified atom stereocenters. The summed E-state index contributed by atoms with van der Waals surface area (Å²) in [5.41, 5.74) is 1.02. The quantitative estimate of drug-likeness (QED) is 0.652. The number of hydrogen-bond donors (Lipinski definition) is 1. The molecule has 122 valence electrons. The van der Waals surface area contributed by atoms with Crippen LogP contribution in [0, 0.1) is 5.82 Å². The van der Waals surface area contributed by atoms with Gasteiger partial charge in [0.1, 0.15) is 5.82 Å². The Hall–Kier alpha value is -1.14. The number of halogens is 2. The van der Waals surface area contributed by atoms with Gasteiger partial charge in [-0.1, -0.05) is 6.07 Å². The van der Waals surface area contributed by atoms with Crippen molar-refractivity contribution in [3.05, 3.63) is 34.1 Å². The van der Waals surface area contributed by atoms with Crippen molar-refractivity contribution in [3.63, 3.8) is 0 Å². The molecule has 0 aromatic heterocycles. The average Bonchev–Trinajstić information content (AvgIpc) is 2.52. The van der Waals surface area contributed by atoms with E-state index in [1.165, 1.54) is 0 Å². The lowest BCUT2D eigenvalue weighted by molar-refractivity contribution is 0.172. The molecule has 0 atom stereocenters. The lowest BCUT2D eigenvalue weighted by atomic mass is 10.2. The summed E-state index contributed by atoms with van der Waals surface area (Å²) in [4.78, 5) is 9.18. The van der Waals surface area contributed by atoms with Gasteiger partial charge in [0.2, 0.25) is 0 Å². The number of piperazine rings is 1. The van der Waals surface area contributed by atoms with Crippen molar-refractivity contribution in [2.24, 2.45) is 4.99 Å². The van der Waals surface area contributed by atoms with E-state index in [1.54, 1.807) is 12.1 Å². The maximum atomic E-state index is 13.6. The fraction of sp³-hybridized carbons (Fsp3) is 0.562. The van der Waals surface area contributed by atoms with Gasteiger partial charge in [-0.3, -0.25) is 9.89 Å². The molecule has 1 aliphatic rings. The minimum atomic E-state index is -0.194. The van der Waals surface area contributed by atoms with Gasteiger partial charge >= 0.3 is 0 Å². The zero-order valence-corrected chi connectivity index (χ0v) is 14.9. The highest BCUT2D eigenvalue weighted by Crippen LogP contribution is 2.18. The fourth-order valence-corrected chi connectivity index (χ4v) is 2.84. The predicted molar refractivity (Wildman–Crippen MR) is 92.6 cm³/mol. The molecule has 0 amide bonds.